The van der Waals surface area contributed by atoms with Crippen molar-refractivity contribution in [2.75, 3.05) is 11.5 Å². The zero-order valence-corrected chi connectivity index (χ0v) is 22.6. The number of fused-ring (bicyclic) bond motifs is 9. The molecule has 4 N–H and O–H groups in total. The summed E-state index contributed by atoms with van der Waals surface area (Å²) in [4.78, 5) is 0. The van der Waals surface area contributed by atoms with Crippen LogP contribution in [0, 0.1) is 0 Å². The Morgan fingerprint density at radius 3 is 1.29 bits per heavy atom. The van der Waals surface area contributed by atoms with Crippen LogP contribution in [0.2, 0.25) is 0 Å². The highest BCUT2D eigenvalue weighted by Crippen LogP contribution is 2.62. The predicted molar refractivity (Wildman–Crippen MR) is 166 cm³/mol. The van der Waals surface area contributed by atoms with Crippen LogP contribution in [0.5, 0.6) is 34.5 Å². The van der Waals surface area contributed by atoms with E-state index in [0.29, 0.717) is 34.4 Å². The van der Waals surface area contributed by atoms with Gasteiger partial charge in [-0.05, 0) is 107 Å². The van der Waals surface area contributed by atoms with Crippen molar-refractivity contribution < 1.29 is 14.2 Å². The number of hydrogen-bond acceptors (Lipinski definition) is 5. The van der Waals surface area contributed by atoms with E-state index in [1.807, 2.05) is 72.8 Å². The molecule has 8 rings (SSSR count). The topological polar surface area (TPSA) is 79.7 Å². The van der Waals surface area contributed by atoms with Gasteiger partial charge in [-0.25, -0.2) is 0 Å². The third kappa shape index (κ3) is 3.64. The van der Waals surface area contributed by atoms with Crippen LogP contribution in [-0.4, -0.2) is 0 Å². The second-order valence-electron chi connectivity index (χ2n) is 10.6. The third-order valence-electron chi connectivity index (χ3n) is 8.11. The fourth-order valence-electron chi connectivity index (χ4n) is 6.33. The van der Waals surface area contributed by atoms with E-state index in [2.05, 4.69) is 60.7 Å². The molecule has 0 unspecified atom stereocenters. The van der Waals surface area contributed by atoms with Crippen LogP contribution in [0.1, 0.15) is 22.3 Å². The maximum absolute atomic E-state index is 6.59. The van der Waals surface area contributed by atoms with Gasteiger partial charge in [0.15, 0.2) is 0 Å². The van der Waals surface area contributed by atoms with Crippen LogP contribution in [0.4, 0.5) is 11.4 Å². The van der Waals surface area contributed by atoms with E-state index in [1.165, 1.54) is 22.3 Å². The fraction of sp³-hybridized carbons (Fsp3) is 0.0270. The van der Waals surface area contributed by atoms with Gasteiger partial charge in [-0.2, -0.15) is 0 Å². The molecule has 0 atom stereocenters. The Morgan fingerprint density at radius 2 is 0.833 bits per heavy atom. The molecule has 0 bridgehead atoms. The number of hydrogen-bond donors (Lipinski definition) is 2. The van der Waals surface area contributed by atoms with Crippen LogP contribution < -0.4 is 25.7 Å². The van der Waals surface area contributed by atoms with Gasteiger partial charge in [0.1, 0.15) is 34.5 Å². The highest BCUT2D eigenvalue weighted by Gasteiger charge is 2.51. The van der Waals surface area contributed by atoms with E-state index in [-0.39, 0.29) is 0 Å². The van der Waals surface area contributed by atoms with Crippen molar-refractivity contribution in [2.24, 2.45) is 0 Å². The average molecular weight is 547 g/mol. The van der Waals surface area contributed by atoms with Gasteiger partial charge in [0.05, 0.1) is 5.41 Å². The fourth-order valence-corrected chi connectivity index (χ4v) is 6.33. The normalized spacial score (nSPS) is 13.3. The second-order valence-corrected chi connectivity index (χ2v) is 10.6. The maximum atomic E-state index is 6.59. The molecule has 1 aliphatic heterocycles. The highest BCUT2D eigenvalue weighted by molar-refractivity contribution is 5.88. The van der Waals surface area contributed by atoms with Crippen molar-refractivity contribution in [2.45, 2.75) is 5.41 Å². The standard InChI is InChI=1S/C37H26N2O3/c38-23-9-13-25(14-10-23)40-27-17-19-35-33(21-27)37(31-7-3-1-5-29(31)30-6-2-4-8-32(30)37)34-22-28(18-20-36(34)42-35)41-26-15-11-24(39)12-16-26/h1-22H,38-39H2. The number of anilines is 2. The van der Waals surface area contributed by atoms with Crippen LogP contribution >= 0.6 is 0 Å². The first-order valence-corrected chi connectivity index (χ1v) is 13.8. The van der Waals surface area contributed by atoms with E-state index in [1.54, 1.807) is 0 Å². The van der Waals surface area contributed by atoms with Crippen LogP contribution in [0.3, 0.4) is 0 Å². The van der Waals surface area contributed by atoms with Crippen molar-refractivity contribution in [1.82, 2.24) is 0 Å². The molecule has 0 saturated carbocycles. The quantitative estimate of drug-likeness (QED) is 0.216. The van der Waals surface area contributed by atoms with Gasteiger partial charge in [0, 0.05) is 22.5 Å². The molecule has 1 aliphatic carbocycles. The molecule has 1 heterocycles. The monoisotopic (exact) mass is 546 g/mol. The Bertz CT molecular complexity index is 1840. The summed E-state index contributed by atoms with van der Waals surface area (Å²) in [6.07, 6.45) is 0. The summed E-state index contributed by atoms with van der Waals surface area (Å²) in [6.45, 7) is 0. The van der Waals surface area contributed by atoms with E-state index in [0.717, 1.165) is 22.6 Å². The van der Waals surface area contributed by atoms with Crippen molar-refractivity contribution in [3.05, 3.63) is 156 Å². The summed E-state index contributed by atoms with van der Waals surface area (Å²) in [6, 6.07) is 44.1. The van der Waals surface area contributed by atoms with Crippen LogP contribution in [-0.2, 0) is 5.41 Å². The number of benzene rings is 6. The second kappa shape index (κ2) is 9.18. The molecule has 5 heteroatoms. The predicted octanol–water partition coefficient (Wildman–Crippen LogP) is 8.90. The Kier molecular flexibility index (Phi) is 5.28. The van der Waals surface area contributed by atoms with E-state index >= 15 is 0 Å². The lowest BCUT2D eigenvalue weighted by atomic mass is 9.66. The summed E-state index contributed by atoms with van der Waals surface area (Å²) in [7, 11) is 0. The minimum absolute atomic E-state index is 0.656. The molecule has 5 nitrogen and oxygen atoms in total. The van der Waals surface area contributed by atoms with Crippen molar-refractivity contribution in [3.63, 3.8) is 0 Å². The van der Waals surface area contributed by atoms with Crippen LogP contribution in [0.25, 0.3) is 11.1 Å². The summed E-state index contributed by atoms with van der Waals surface area (Å²) in [5.74, 6) is 4.40. The molecule has 6 aromatic carbocycles. The van der Waals surface area contributed by atoms with Gasteiger partial charge in [0.2, 0.25) is 0 Å². The molecule has 0 saturated heterocycles. The molecule has 0 amide bonds. The third-order valence-corrected chi connectivity index (χ3v) is 8.11. The lowest BCUT2D eigenvalue weighted by molar-refractivity contribution is 0.425. The Hall–Kier alpha value is -5.68. The molecule has 42 heavy (non-hydrogen) atoms. The van der Waals surface area contributed by atoms with Gasteiger partial charge in [0.25, 0.3) is 0 Å². The average Bonchev–Trinajstić information content (AvgIpc) is 3.31. The van der Waals surface area contributed by atoms with Gasteiger partial charge >= 0.3 is 0 Å². The zero-order valence-electron chi connectivity index (χ0n) is 22.6. The number of rotatable bonds is 4. The lowest BCUT2D eigenvalue weighted by Gasteiger charge is -2.39. The SMILES string of the molecule is Nc1ccc(Oc2ccc3c(c2)C2(c4cc(Oc5ccc(N)cc5)ccc4O3)c3ccccc3-c3ccccc32)cc1. The summed E-state index contributed by atoms with van der Waals surface area (Å²) in [5, 5.41) is 0. The minimum Gasteiger partial charge on any atom is -0.457 e. The molecule has 0 aromatic heterocycles. The van der Waals surface area contributed by atoms with Crippen LogP contribution in [0.15, 0.2) is 133 Å². The Labute approximate surface area is 243 Å². The van der Waals surface area contributed by atoms with Crippen molar-refractivity contribution >= 4 is 11.4 Å². The highest BCUT2D eigenvalue weighted by atomic mass is 16.5. The number of ether oxygens (including phenoxy) is 3. The van der Waals surface area contributed by atoms with Gasteiger partial charge < -0.3 is 25.7 Å². The molecule has 0 fully saturated rings. The molecule has 202 valence electrons. The van der Waals surface area contributed by atoms with Crippen molar-refractivity contribution in [3.8, 4) is 45.6 Å². The van der Waals surface area contributed by atoms with Crippen molar-refractivity contribution in [1.29, 1.82) is 0 Å². The van der Waals surface area contributed by atoms with Gasteiger partial charge in [-0.1, -0.05) is 48.5 Å². The molecular weight excluding hydrogens is 520 g/mol. The maximum Gasteiger partial charge on any atom is 0.132 e. The minimum atomic E-state index is -0.656. The first-order valence-electron chi connectivity index (χ1n) is 13.8. The largest absolute Gasteiger partial charge is 0.457 e. The molecular formula is C37H26N2O3. The van der Waals surface area contributed by atoms with E-state index in [4.69, 9.17) is 25.7 Å². The number of nitrogen functional groups attached to an aromatic ring is 2. The zero-order chi connectivity index (χ0) is 28.3. The first kappa shape index (κ1) is 24.1. The molecule has 2 aliphatic rings. The van der Waals surface area contributed by atoms with E-state index < -0.39 is 5.41 Å². The number of nitrogens with two attached hydrogens (primary N) is 2. The smallest absolute Gasteiger partial charge is 0.132 e. The lowest BCUT2D eigenvalue weighted by Crippen LogP contribution is -2.32. The molecule has 1 spiro atoms. The van der Waals surface area contributed by atoms with Gasteiger partial charge in [-0.15, -0.1) is 0 Å². The summed E-state index contributed by atoms with van der Waals surface area (Å²) in [5.41, 5.74) is 19.3. The summed E-state index contributed by atoms with van der Waals surface area (Å²) < 4.78 is 19.3. The summed E-state index contributed by atoms with van der Waals surface area (Å²) >= 11 is 0. The Morgan fingerprint density at radius 1 is 0.429 bits per heavy atom. The Balaban J connectivity index is 1.36. The van der Waals surface area contributed by atoms with E-state index in [9.17, 15) is 0 Å². The first-order chi connectivity index (χ1) is 20.6. The van der Waals surface area contributed by atoms with Gasteiger partial charge in [-0.3, -0.25) is 0 Å². The molecule has 6 aromatic rings. The molecule has 0 radical (unpaired) electrons.